The number of hydrogen-bond donors (Lipinski definition) is 1. The quantitative estimate of drug-likeness (QED) is 0.789. The maximum atomic E-state index is 11.4. The van der Waals surface area contributed by atoms with Crippen molar-refractivity contribution < 1.29 is 9.90 Å². The normalized spacial score (nSPS) is 25.2. The average molecular weight is 232 g/mol. The smallest absolute Gasteiger partial charge is 0.307 e. The lowest BCUT2D eigenvalue weighted by Gasteiger charge is -2.23. The lowest BCUT2D eigenvalue weighted by molar-refractivity contribution is -0.142. The molecule has 1 fully saturated rings. The molecule has 1 aliphatic carbocycles. The number of benzene rings is 1. The molecule has 92 valence electrons. The van der Waals surface area contributed by atoms with Gasteiger partial charge in [-0.1, -0.05) is 43.5 Å². The van der Waals surface area contributed by atoms with Crippen LogP contribution in [0.4, 0.5) is 0 Å². The number of carboxylic acids is 1. The van der Waals surface area contributed by atoms with Crippen molar-refractivity contribution >= 4 is 5.97 Å². The van der Waals surface area contributed by atoms with E-state index in [1.54, 1.807) is 0 Å². The van der Waals surface area contributed by atoms with Gasteiger partial charge < -0.3 is 5.11 Å². The first-order valence-electron chi connectivity index (χ1n) is 6.48. The third-order valence-electron chi connectivity index (χ3n) is 3.92. The van der Waals surface area contributed by atoms with Gasteiger partial charge in [-0.05, 0) is 36.8 Å². The van der Waals surface area contributed by atoms with Crippen molar-refractivity contribution in [3.63, 3.8) is 0 Å². The first-order valence-corrected chi connectivity index (χ1v) is 6.48. The summed E-state index contributed by atoms with van der Waals surface area (Å²) in [4.78, 5) is 11.4. The second kappa shape index (κ2) is 5.35. The van der Waals surface area contributed by atoms with E-state index < -0.39 is 5.97 Å². The lowest BCUT2D eigenvalue weighted by atomic mass is 9.81. The van der Waals surface area contributed by atoms with E-state index in [0.29, 0.717) is 0 Å². The Kier molecular flexibility index (Phi) is 3.82. The van der Waals surface area contributed by atoms with Crippen LogP contribution in [0.3, 0.4) is 0 Å². The molecule has 1 aromatic carbocycles. The van der Waals surface area contributed by atoms with E-state index in [2.05, 4.69) is 19.1 Å². The van der Waals surface area contributed by atoms with E-state index in [1.807, 2.05) is 12.1 Å². The zero-order valence-corrected chi connectivity index (χ0v) is 10.4. The van der Waals surface area contributed by atoms with Crippen molar-refractivity contribution in [2.75, 3.05) is 0 Å². The fourth-order valence-corrected chi connectivity index (χ4v) is 2.98. The van der Waals surface area contributed by atoms with Crippen LogP contribution in [-0.2, 0) is 4.79 Å². The van der Waals surface area contributed by atoms with Crippen molar-refractivity contribution in [1.82, 2.24) is 0 Å². The predicted octanol–water partition coefficient (Wildman–Crippen LogP) is 3.74. The van der Waals surface area contributed by atoms with Crippen LogP contribution < -0.4 is 0 Å². The van der Waals surface area contributed by atoms with E-state index in [4.69, 9.17) is 0 Å². The minimum absolute atomic E-state index is 0.196. The number of carboxylic acid groups (broad SMARTS) is 1. The van der Waals surface area contributed by atoms with Crippen molar-refractivity contribution in [2.24, 2.45) is 5.92 Å². The highest BCUT2D eigenvalue weighted by atomic mass is 16.4. The van der Waals surface area contributed by atoms with E-state index in [1.165, 1.54) is 17.5 Å². The Labute approximate surface area is 103 Å². The highest BCUT2D eigenvalue weighted by molar-refractivity contribution is 5.71. The molecule has 2 atom stereocenters. The van der Waals surface area contributed by atoms with Gasteiger partial charge in [0.15, 0.2) is 0 Å². The molecular weight excluding hydrogens is 212 g/mol. The maximum absolute atomic E-state index is 11.4. The van der Waals surface area contributed by atoms with Crippen LogP contribution >= 0.6 is 0 Å². The third kappa shape index (κ3) is 2.68. The highest BCUT2D eigenvalue weighted by Gasteiger charge is 2.31. The van der Waals surface area contributed by atoms with Crippen molar-refractivity contribution in [2.45, 2.75) is 44.9 Å². The first kappa shape index (κ1) is 12.2. The van der Waals surface area contributed by atoms with Crippen LogP contribution in [0.1, 0.15) is 49.1 Å². The minimum Gasteiger partial charge on any atom is -0.481 e. The molecular formula is C15H20O2. The zero-order valence-electron chi connectivity index (χ0n) is 10.4. The summed E-state index contributed by atoms with van der Waals surface area (Å²) in [7, 11) is 0. The lowest BCUT2D eigenvalue weighted by Crippen LogP contribution is -2.21. The Hall–Kier alpha value is -1.31. The number of hydrogen-bond acceptors (Lipinski definition) is 1. The van der Waals surface area contributed by atoms with Crippen LogP contribution in [0.5, 0.6) is 0 Å². The summed E-state index contributed by atoms with van der Waals surface area (Å²) in [5, 5.41) is 9.39. The number of aryl methyl sites for hydroxylation is 1. The molecule has 0 bridgehead atoms. The monoisotopic (exact) mass is 232 g/mol. The van der Waals surface area contributed by atoms with Gasteiger partial charge in [-0.2, -0.15) is 0 Å². The summed E-state index contributed by atoms with van der Waals surface area (Å²) >= 11 is 0. The van der Waals surface area contributed by atoms with Gasteiger partial charge in [0.25, 0.3) is 0 Å². The molecule has 1 aromatic rings. The molecule has 1 aliphatic rings. The number of aliphatic carboxylic acids is 1. The Morgan fingerprint density at radius 1 is 1.18 bits per heavy atom. The standard InChI is InChI=1S/C15H20O2/c1-11-7-5-6-8-12(11)13-9-3-2-4-10-14(13)15(16)17/h5-8,13-14H,2-4,9-10H2,1H3,(H,16,17). The fraction of sp³-hybridized carbons (Fsp3) is 0.533. The second-order valence-corrected chi connectivity index (χ2v) is 5.05. The molecule has 2 rings (SSSR count). The Morgan fingerprint density at radius 3 is 2.59 bits per heavy atom. The molecule has 0 radical (unpaired) electrons. The van der Waals surface area contributed by atoms with Gasteiger partial charge in [-0.25, -0.2) is 0 Å². The van der Waals surface area contributed by atoms with Crippen LogP contribution in [0.15, 0.2) is 24.3 Å². The van der Waals surface area contributed by atoms with Crippen molar-refractivity contribution in [3.8, 4) is 0 Å². The largest absolute Gasteiger partial charge is 0.481 e. The molecule has 2 heteroatoms. The summed E-state index contributed by atoms with van der Waals surface area (Å²) in [6, 6.07) is 8.22. The van der Waals surface area contributed by atoms with Gasteiger partial charge in [0.2, 0.25) is 0 Å². The molecule has 17 heavy (non-hydrogen) atoms. The number of rotatable bonds is 2. The fourth-order valence-electron chi connectivity index (χ4n) is 2.98. The zero-order chi connectivity index (χ0) is 12.3. The van der Waals surface area contributed by atoms with Gasteiger partial charge in [0.05, 0.1) is 5.92 Å². The molecule has 0 spiro atoms. The van der Waals surface area contributed by atoms with E-state index in [9.17, 15) is 9.90 Å². The highest BCUT2D eigenvalue weighted by Crippen LogP contribution is 2.37. The van der Waals surface area contributed by atoms with E-state index >= 15 is 0 Å². The first-order chi connectivity index (χ1) is 8.20. The molecule has 0 amide bonds. The molecule has 1 N–H and O–H groups in total. The van der Waals surface area contributed by atoms with E-state index in [0.717, 1.165) is 25.7 Å². The van der Waals surface area contributed by atoms with Crippen LogP contribution in [-0.4, -0.2) is 11.1 Å². The van der Waals surface area contributed by atoms with Gasteiger partial charge in [-0.3, -0.25) is 4.79 Å². The summed E-state index contributed by atoms with van der Waals surface area (Å²) < 4.78 is 0. The van der Waals surface area contributed by atoms with Gasteiger partial charge in [0, 0.05) is 0 Å². The van der Waals surface area contributed by atoms with Crippen molar-refractivity contribution in [1.29, 1.82) is 0 Å². The molecule has 0 aliphatic heterocycles. The van der Waals surface area contributed by atoms with Crippen LogP contribution in [0, 0.1) is 12.8 Å². The molecule has 2 nitrogen and oxygen atoms in total. The van der Waals surface area contributed by atoms with E-state index in [-0.39, 0.29) is 11.8 Å². The summed E-state index contributed by atoms with van der Waals surface area (Å²) in [5.41, 5.74) is 2.47. The average Bonchev–Trinajstić information content (AvgIpc) is 2.55. The maximum Gasteiger partial charge on any atom is 0.307 e. The summed E-state index contributed by atoms with van der Waals surface area (Å²) in [5.74, 6) is -0.616. The molecule has 0 saturated heterocycles. The SMILES string of the molecule is Cc1ccccc1C1CCCCCC1C(=O)O. The van der Waals surface area contributed by atoms with Gasteiger partial charge in [-0.15, -0.1) is 0 Å². The molecule has 1 saturated carbocycles. The Morgan fingerprint density at radius 2 is 1.88 bits per heavy atom. The molecule has 0 heterocycles. The summed E-state index contributed by atoms with van der Waals surface area (Å²) in [6.45, 7) is 2.08. The predicted molar refractivity (Wildman–Crippen MR) is 68.1 cm³/mol. The van der Waals surface area contributed by atoms with Gasteiger partial charge >= 0.3 is 5.97 Å². The molecule has 2 unspecified atom stereocenters. The summed E-state index contributed by atoms with van der Waals surface area (Å²) in [6.07, 6.45) is 5.23. The molecule has 0 aromatic heterocycles. The minimum atomic E-state index is -0.625. The van der Waals surface area contributed by atoms with Crippen LogP contribution in [0.25, 0.3) is 0 Å². The number of carbonyl (C=O) groups is 1. The Bertz CT molecular complexity index is 398. The van der Waals surface area contributed by atoms with Crippen LogP contribution in [0.2, 0.25) is 0 Å². The third-order valence-corrected chi connectivity index (χ3v) is 3.92. The second-order valence-electron chi connectivity index (χ2n) is 5.05. The van der Waals surface area contributed by atoms with Gasteiger partial charge in [0.1, 0.15) is 0 Å². The topological polar surface area (TPSA) is 37.3 Å². The van der Waals surface area contributed by atoms with Crippen molar-refractivity contribution in [3.05, 3.63) is 35.4 Å². The Balaban J connectivity index is 2.32.